The number of anilines is 3. The number of hydrogen-bond donors (Lipinski definition) is 4. The van der Waals surface area contributed by atoms with Crippen LogP contribution in [0.4, 0.5) is 17.3 Å². The lowest BCUT2D eigenvalue weighted by Gasteiger charge is -2.26. The lowest BCUT2D eigenvalue weighted by atomic mass is 9.93. The summed E-state index contributed by atoms with van der Waals surface area (Å²) in [6.07, 6.45) is 8.77. The Morgan fingerprint density at radius 2 is 2.06 bits per heavy atom. The van der Waals surface area contributed by atoms with E-state index in [2.05, 4.69) is 31.0 Å². The third-order valence-corrected chi connectivity index (χ3v) is 5.32. The number of ether oxygens (including phenoxy) is 1. The van der Waals surface area contributed by atoms with E-state index in [1.54, 1.807) is 36.0 Å². The van der Waals surface area contributed by atoms with Gasteiger partial charge in [-0.3, -0.25) is 9.59 Å². The second-order valence-electron chi connectivity index (χ2n) is 7.53. The van der Waals surface area contributed by atoms with Crippen LogP contribution >= 0.6 is 0 Å². The molecular weight excluding hydrogens is 398 g/mol. The molecule has 2 aliphatic rings. The van der Waals surface area contributed by atoms with Crippen molar-refractivity contribution in [3.63, 3.8) is 0 Å². The van der Waals surface area contributed by atoms with Gasteiger partial charge in [0.25, 0.3) is 11.5 Å². The Hall–Kier alpha value is -3.40. The molecule has 3 aromatic rings. The summed E-state index contributed by atoms with van der Waals surface area (Å²) >= 11 is 0. The highest BCUT2D eigenvalue weighted by atomic mass is 16.5. The summed E-state index contributed by atoms with van der Waals surface area (Å²) in [6, 6.07) is 5.33. The molecule has 31 heavy (non-hydrogen) atoms. The quantitative estimate of drug-likeness (QED) is 0.494. The molecule has 0 aromatic carbocycles. The average Bonchev–Trinajstić information content (AvgIpc) is 3.45. The van der Waals surface area contributed by atoms with Crippen molar-refractivity contribution in [2.24, 2.45) is 0 Å². The molecule has 1 saturated heterocycles. The molecule has 164 valence electrons. The maximum absolute atomic E-state index is 12.5. The molecule has 1 saturated carbocycles. The topological polar surface area (TPSA) is 125 Å². The van der Waals surface area contributed by atoms with Crippen LogP contribution in [-0.4, -0.2) is 51.8 Å². The first kappa shape index (κ1) is 20.9. The molecule has 1 aliphatic heterocycles. The number of carbonyl (C=O) groups is 1. The van der Waals surface area contributed by atoms with Crippen molar-refractivity contribution in [3.8, 4) is 0 Å². The number of hydrogen-bond acceptors (Lipinski definition) is 7. The molecule has 5 rings (SSSR count). The zero-order valence-electron chi connectivity index (χ0n) is 17.5. The van der Waals surface area contributed by atoms with E-state index in [9.17, 15) is 9.59 Å². The molecule has 0 atom stereocenters. The van der Waals surface area contributed by atoms with Crippen LogP contribution in [0.1, 0.15) is 42.5 Å². The van der Waals surface area contributed by atoms with Crippen molar-refractivity contribution in [1.29, 1.82) is 0 Å². The predicted octanol–water partition coefficient (Wildman–Crippen LogP) is 2.28. The molecule has 1 aliphatic carbocycles. The van der Waals surface area contributed by atoms with Crippen molar-refractivity contribution in [1.82, 2.24) is 24.9 Å². The zero-order valence-corrected chi connectivity index (χ0v) is 17.5. The van der Waals surface area contributed by atoms with E-state index in [4.69, 9.17) is 4.74 Å². The zero-order chi connectivity index (χ0) is 21.6. The smallest absolute Gasteiger partial charge is 0.271 e. The van der Waals surface area contributed by atoms with E-state index >= 15 is 0 Å². The molecule has 3 aromatic heterocycles. The fourth-order valence-electron chi connectivity index (χ4n) is 3.35. The fraction of sp³-hybridized carbons (Fsp3) is 0.429. The van der Waals surface area contributed by atoms with E-state index in [-0.39, 0.29) is 17.5 Å². The van der Waals surface area contributed by atoms with Gasteiger partial charge in [-0.1, -0.05) is 0 Å². The Morgan fingerprint density at radius 1 is 1.26 bits per heavy atom. The summed E-state index contributed by atoms with van der Waals surface area (Å²) < 4.78 is 6.51. The van der Waals surface area contributed by atoms with Gasteiger partial charge in [-0.25, -0.2) is 4.98 Å². The molecule has 0 bridgehead atoms. The third-order valence-electron chi connectivity index (χ3n) is 5.32. The van der Waals surface area contributed by atoms with Crippen LogP contribution in [0.5, 0.6) is 0 Å². The van der Waals surface area contributed by atoms with Crippen LogP contribution in [0.25, 0.3) is 5.65 Å². The van der Waals surface area contributed by atoms with Gasteiger partial charge in [0.2, 0.25) is 0 Å². The van der Waals surface area contributed by atoms with Gasteiger partial charge < -0.3 is 25.7 Å². The van der Waals surface area contributed by atoms with Crippen LogP contribution < -0.4 is 21.5 Å². The number of pyridine rings is 1. The van der Waals surface area contributed by atoms with Gasteiger partial charge in [0, 0.05) is 38.6 Å². The van der Waals surface area contributed by atoms with Crippen LogP contribution in [0.3, 0.4) is 0 Å². The monoisotopic (exact) mass is 425 g/mol. The van der Waals surface area contributed by atoms with E-state index in [1.165, 1.54) is 19.0 Å². The molecule has 10 heteroatoms. The summed E-state index contributed by atoms with van der Waals surface area (Å²) in [5.74, 6) is 0.901. The Morgan fingerprint density at radius 3 is 2.68 bits per heavy atom. The van der Waals surface area contributed by atoms with Gasteiger partial charge in [-0.05, 0) is 44.2 Å². The van der Waals surface area contributed by atoms with E-state index in [0.717, 1.165) is 32.5 Å². The Balaban J connectivity index is 0.000000407. The predicted molar refractivity (Wildman–Crippen MR) is 118 cm³/mol. The number of carbonyl (C=O) groups excluding carboxylic acids is 1. The molecule has 0 spiro atoms. The van der Waals surface area contributed by atoms with Gasteiger partial charge in [0.15, 0.2) is 5.65 Å². The minimum absolute atomic E-state index is 0.186. The minimum Gasteiger partial charge on any atom is -0.381 e. The highest BCUT2D eigenvalue weighted by Crippen LogP contribution is 2.22. The average molecular weight is 425 g/mol. The van der Waals surface area contributed by atoms with Crippen molar-refractivity contribution in [2.45, 2.75) is 38.1 Å². The van der Waals surface area contributed by atoms with Gasteiger partial charge in [0.1, 0.15) is 22.9 Å². The van der Waals surface area contributed by atoms with Crippen molar-refractivity contribution in [3.05, 3.63) is 46.5 Å². The van der Waals surface area contributed by atoms with Crippen molar-refractivity contribution in [2.75, 3.05) is 30.9 Å². The summed E-state index contributed by atoms with van der Waals surface area (Å²) in [5, 5.41) is 13.3. The number of aromatic nitrogens is 4. The lowest BCUT2D eigenvalue weighted by Crippen LogP contribution is -2.39. The highest BCUT2D eigenvalue weighted by molar-refractivity contribution is 6.00. The number of rotatable bonds is 5. The van der Waals surface area contributed by atoms with Gasteiger partial charge >= 0.3 is 0 Å². The minimum atomic E-state index is -0.253. The Bertz CT molecular complexity index is 1090. The first-order chi connectivity index (χ1) is 15.2. The molecule has 1 amide bonds. The van der Waals surface area contributed by atoms with Gasteiger partial charge in [-0.2, -0.15) is 9.61 Å². The fourth-order valence-corrected chi connectivity index (χ4v) is 3.35. The molecule has 0 unspecified atom stereocenters. The molecule has 2 fully saturated rings. The van der Waals surface area contributed by atoms with Crippen molar-refractivity contribution < 1.29 is 9.53 Å². The van der Waals surface area contributed by atoms with E-state index < -0.39 is 0 Å². The van der Waals surface area contributed by atoms with Gasteiger partial charge in [0.05, 0.1) is 6.20 Å². The number of amides is 1. The maximum Gasteiger partial charge on any atom is 0.271 e. The first-order valence-corrected chi connectivity index (χ1v) is 10.6. The first-order valence-electron chi connectivity index (χ1n) is 10.6. The van der Waals surface area contributed by atoms with Gasteiger partial charge in [-0.15, -0.1) is 0 Å². The number of nitrogens with zero attached hydrogens (tertiary/aromatic N) is 3. The van der Waals surface area contributed by atoms with Crippen molar-refractivity contribution >= 4 is 28.9 Å². The molecule has 4 heterocycles. The largest absolute Gasteiger partial charge is 0.381 e. The summed E-state index contributed by atoms with van der Waals surface area (Å²) in [5.41, 5.74) is 0.936. The standard InChI is InChI=1S/C17H19N7O2.C4H8O/c1-18-14-8-13(22-12-6-3-7-19-17(12)26)23-15-11(9-20-24(14)15)16(25)21-10-4-2-5-10;1-2-4-5-3-1/h3,6-10,18H,2,4-5H2,1H3,(H,19,26)(H,21,25)(H,22,23);1-4H2. The lowest BCUT2D eigenvalue weighted by molar-refractivity contribution is 0.0918. The Labute approximate surface area is 179 Å². The highest BCUT2D eigenvalue weighted by Gasteiger charge is 2.23. The molecule has 10 nitrogen and oxygen atoms in total. The number of fused-ring (bicyclic) bond motifs is 1. The molecule has 0 radical (unpaired) electrons. The molecular formula is C21H27N7O3. The van der Waals surface area contributed by atoms with E-state index in [0.29, 0.717) is 28.5 Å². The summed E-state index contributed by atoms with van der Waals surface area (Å²) in [7, 11) is 1.75. The second kappa shape index (κ2) is 9.61. The summed E-state index contributed by atoms with van der Waals surface area (Å²) in [4.78, 5) is 31.5. The Kier molecular flexibility index (Phi) is 6.46. The molecule has 4 N–H and O–H groups in total. The van der Waals surface area contributed by atoms with Crippen LogP contribution in [-0.2, 0) is 4.74 Å². The normalized spacial score (nSPS) is 15.6. The summed E-state index contributed by atoms with van der Waals surface area (Å²) in [6.45, 7) is 2.00. The number of aromatic amines is 1. The number of H-pyrrole nitrogens is 1. The second-order valence-corrected chi connectivity index (χ2v) is 7.53. The third kappa shape index (κ3) is 4.85. The van der Waals surface area contributed by atoms with Crippen LogP contribution in [0, 0.1) is 0 Å². The maximum atomic E-state index is 12.5. The number of nitrogens with one attached hydrogen (secondary N) is 4. The van der Waals surface area contributed by atoms with Crippen LogP contribution in [0.15, 0.2) is 35.4 Å². The SMILES string of the molecule is C1CCOC1.CNc1cc(Nc2ccc[nH]c2=O)nc2c(C(=O)NC3CCC3)cnn12. The van der Waals surface area contributed by atoms with E-state index in [1.807, 2.05) is 0 Å². The van der Waals surface area contributed by atoms with Crippen LogP contribution in [0.2, 0.25) is 0 Å².